The lowest BCUT2D eigenvalue weighted by molar-refractivity contribution is 0.0286. The van der Waals surface area contributed by atoms with Crippen molar-refractivity contribution in [1.29, 1.82) is 0 Å². The van der Waals surface area contributed by atoms with Crippen molar-refractivity contribution in [2.24, 2.45) is 5.92 Å². The molecule has 0 bridgehead atoms. The molecule has 86 valence electrons. The lowest BCUT2D eigenvalue weighted by Gasteiger charge is -2.24. The lowest BCUT2D eigenvalue weighted by Crippen LogP contribution is -2.35. The van der Waals surface area contributed by atoms with Gasteiger partial charge in [-0.25, -0.2) is 4.79 Å². The van der Waals surface area contributed by atoms with E-state index in [1.807, 2.05) is 20.8 Å². The van der Waals surface area contributed by atoms with Gasteiger partial charge in [-0.3, -0.25) is 0 Å². The average molecular weight is 213 g/mol. The molecule has 2 atom stereocenters. The maximum absolute atomic E-state index is 11.7. The minimum absolute atomic E-state index is 0.189. The Morgan fingerprint density at radius 1 is 1.47 bits per heavy atom. The molecule has 0 aromatic rings. The second-order valence-electron chi connectivity index (χ2n) is 5.35. The first kappa shape index (κ1) is 10.7. The van der Waals surface area contributed by atoms with E-state index in [0.717, 1.165) is 26.1 Å². The molecule has 2 aliphatic heterocycles. The van der Waals surface area contributed by atoms with E-state index in [2.05, 4.69) is 0 Å². The van der Waals surface area contributed by atoms with Crippen molar-refractivity contribution < 1.29 is 14.3 Å². The molecule has 0 radical (unpaired) electrons. The smallest absolute Gasteiger partial charge is 0.410 e. The normalized spacial score (nSPS) is 30.5. The number of amides is 1. The van der Waals surface area contributed by atoms with Crippen LogP contribution in [0.25, 0.3) is 0 Å². The largest absolute Gasteiger partial charge is 0.444 e. The molecular formula is C11H19NO3. The molecule has 0 aliphatic carbocycles. The van der Waals surface area contributed by atoms with Gasteiger partial charge in [-0.1, -0.05) is 0 Å². The Morgan fingerprint density at radius 2 is 2.13 bits per heavy atom. The first-order chi connectivity index (χ1) is 6.96. The minimum Gasteiger partial charge on any atom is -0.444 e. The Hall–Kier alpha value is -0.770. The Balaban J connectivity index is 1.82. The third-order valence-corrected chi connectivity index (χ3v) is 2.76. The molecule has 0 saturated carbocycles. The third-order valence-electron chi connectivity index (χ3n) is 2.76. The maximum Gasteiger partial charge on any atom is 0.410 e. The number of ether oxygens (including phenoxy) is 2. The van der Waals surface area contributed by atoms with E-state index in [4.69, 9.17) is 9.47 Å². The van der Waals surface area contributed by atoms with Crippen LogP contribution >= 0.6 is 0 Å². The van der Waals surface area contributed by atoms with Crippen molar-refractivity contribution >= 4 is 6.09 Å². The molecule has 0 aromatic carbocycles. The van der Waals surface area contributed by atoms with Crippen molar-refractivity contribution in [1.82, 2.24) is 4.90 Å². The summed E-state index contributed by atoms with van der Waals surface area (Å²) in [5.74, 6) is 0.525. The highest BCUT2D eigenvalue weighted by Crippen LogP contribution is 2.29. The van der Waals surface area contributed by atoms with E-state index < -0.39 is 5.60 Å². The summed E-state index contributed by atoms with van der Waals surface area (Å²) in [4.78, 5) is 13.5. The summed E-state index contributed by atoms with van der Waals surface area (Å²) in [5.41, 5.74) is -0.398. The maximum atomic E-state index is 11.7. The Labute approximate surface area is 90.5 Å². The van der Waals surface area contributed by atoms with Gasteiger partial charge in [-0.2, -0.15) is 0 Å². The van der Waals surface area contributed by atoms with Crippen LogP contribution in [-0.4, -0.2) is 42.4 Å². The van der Waals surface area contributed by atoms with Gasteiger partial charge in [0.1, 0.15) is 5.60 Å². The second kappa shape index (κ2) is 3.67. The number of carbonyl (C=O) groups excluding carboxylic acids is 1. The summed E-state index contributed by atoms with van der Waals surface area (Å²) in [6.45, 7) is 8.14. The van der Waals surface area contributed by atoms with Crippen LogP contribution in [0, 0.1) is 5.92 Å². The van der Waals surface area contributed by atoms with Crippen molar-refractivity contribution in [3.8, 4) is 0 Å². The molecule has 0 aromatic heterocycles. The molecule has 2 aliphatic rings. The molecule has 15 heavy (non-hydrogen) atoms. The number of likely N-dealkylation sites (tertiary alicyclic amines) is 1. The highest BCUT2D eigenvalue weighted by molar-refractivity contribution is 5.68. The number of nitrogens with zero attached hydrogens (tertiary/aromatic N) is 1. The zero-order valence-corrected chi connectivity index (χ0v) is 9.66. The van der Waals surface area contributed by atoms with Gasteiger partial charge >= 0.3 is 6.09 Å². The highest BCUT2D eigenvalue weighted by atomic mass is 16.6. The summed E-state index contributed by atoms with van der Waals surface area (Å²) >= 11 is 0. The summed E-state index contributed by atoms with van der Waals surface area (Å²) < 4.78 is 10.6. The summed E-state index contributed by atoms with van der Waals surface area (Å²) in [6, 6.07) is 0. The Morgan fingerprint density at radius 3 is 2.67 bits per heavy atom. The SMILES string of the molecule is CC(C)(C)OC(=O)N1CC[C@@H]([C@H]2CO2)C1. The molecule has 2 heterocycles. The number of rotatable bonds is 1. The average Bonchev–Trinajstić information content (AvgIpc) is 2.81. The van der Waals surface area contributed by atoms with Gasteiger partial charge in [-0.05, 0) is 27.2 Å². The standard InChI is InChI=1S/C11H19NO3/c1-11(2,3)15-10(13)12-5-4-8(6-12)9-7-14-9/h8-9H,4-7H2,1-3H3/t8-,9-/m1/s1. The van der Waals surface area contributed by atoms with E-state index in [1.54, 1.807) is 4.90 Å². The fraction of sp³-hybridized carbons (Fsp3) is 0.909. The van der Waals surface area contributed by atoms with E-state index in [1.165, 1.54) is 0 Å². The molecule has 0 spiro atoms. The van der Waals surface area contributed by atoms with E-state index >= 15 is 0 Å². The zero-order valence-electron chi connectivity index (χ0n) is 9.66. The summed E-state index contributed by atoms with van der Waals surface area (Å²) in [5, 5.41) is 0. The van der Waals surface area contributed by atoms with E-state index in [0.29, 0.717) is 12.0 Å². The van der Waals surface area contributed by atoms with Crippen LogP contribution in [0.2, 0.25) is 0 Å². The predicted molar refractivity (Wildman–Crippen MR) is 55.7 cm³/mol. The van der Waals surface area contributed by atoms with Crippen LogP contribution in [0.5, 0.6) is 0 Å². The molecule has 2 rings (SSSR count). The molecule has 0 unspecified atom stereocenters. The van der Waals surface area contributed by atoms with Gasteiger partial charge < -0.3 is 14.4 Å². The second-order valence-corrected chi connectivity index (χ2v) is 5.35. The van der Waals surface area contributed by atoms with Gasteiger partial charge in [0, 0.05) is 19.0 Å². The molecule has 4 heteroatoms. The van der Waals surface area contributed by atoms with Gasteiger partial charge in [0.25, 0.3) is 0 Å². The van der Waals surface area contributed by atoms with Crippen LogP contribution in [0.4, 0.5) is 4.79 Å². The quantitative estimate of drug-likeness (QED) is 0.622. The van der Waals surface area contributed by atoms with Gasteiger partial charge in [0.05, 0.1) is 12.7 Å². The molecule has 1 amide bonds. The monoisotopic (exact) mass is 213 g/mol. The number of epoxide rings is 1. The first-order valence-corrected chi connectivity index (χ1v) is 5.55. The molecule has 2 saturated heterocycles. The molecule has 2 fully saturated rings. The lowest BCUT2D eigenvalue weighted by atomic mass is 10.1. The van der Waals surface area contributed by atoms with Crippen LogP contribution in [0.15, 0.2) is 0 Å². The van der Waals surface area contributed by atoms with E-state index in [-0.39, 0.29) is 6.09 Å². The Bertz CT molecular complexity index is 255. The first-order valence-electron chi connectivity index (χ1n) is 5.55. The van der Waals surface area contributed by atoms with Crippen LogP contribution in [-0.2, 0) is 9.47 Å². The number of carbonyl (C=O) groups is 1. The van der Waals surface area contributed by atoms with Crippen molar-refractivity contribution in [3.05, 3.63) is 0 Å². The molecule has 4 nitrogen and oxygen atoms in total. The number of hydrogen-bond donors (Lipinski definition) is 0. The van der Waals surface area contributed by atoms with Crippen LogP contribution in [0.3, 0.4) is 0 Å². The van der Waals surface area contributed by atoms with Crippen LogP contribution in [0.1, 0.15) is 27.2 Å². The summed E-state index contributed by atoms with van der Waals surface area (Å²) in [7, 11) is 0. The molecular weight excluding hydrogens is 194 g/mol. The topological polar surface area (TPSA) is 42.1 Å². The Kier molecular flexibility index (Phi) is 2.63. The molecule has 0 N–H and O–H groups in total. The van der Waals surface area contributed by atoms with Crippen LogP contribution < -0.4 is 0 Å². The third kappa shape index (κ3) is 2.84. The predicted octanol–water partition coefficient (Wildman–Crippen LogP) is 1.64. The van der Waals surface area contributed by atoms with Crippen molar-refractivity contribution in [2.75, 3.05) is 19.7 Å². The van der Waals surface area contributed by atoms with Crippen molar-refractivity contribution in [2.45, 2.75) is 38.9 Å². The van der Waals surface area contributed by atoms with Crippen molar-refractivity contribution in [3.63, 3.8) is 0 Å². The highest BCUT2D eigenvalue weighted by Gasteiger charge is 2.39. The fourth-order valence-corrected chi connectivity index (χ4v) is 1.91. The summed E-state index contributed by atoms with van der Waals surface area (Å²) in [6.07, 6.45) is 1.26. The van der Waals surface area contributed by atoms with Gasteiger partial charge in [0.15, 0.2) is 0 Å². The number of hydrogen-bond acceptors (Lipinski definition) is 3. The minimum atomic E-state index is -0.398. The zero-order chi connectivity index (χ0) is 11.1. The van der Waals surface area contributed by atoms with Gasteiger partial charge in [0.2, 0.25) is 0 Å². The fourth-order valence-electron chi connectivity index (χ4n) is 1.91. The van der Waals surface area contributed by atoms with E-state index in [9.17, 15) is 4.79 Å². The van der Waals surface area contributed by atoms with Gasteiger partial charge in [-0.15, -0.1) is 0 Å².